The molecule has 0 saturated carbocycles. The Labute approximate surface area is 116 Å². The third kappa shape index (κ3) is 2.91. The van der Waals surface area contributed by atoms with Crippen LogP contribution in [0.5, 0.6) is 5.75 Å². The van der Waals surface area contributed by atoms with Crippen molar-refractivity contribution in [3.05, 3.63) is 23.8 Å². The van der Waals surface area contributed by atoms with Crippen molar-refractivity contribution in [1.29, 1.82) is 0 Å². The van der Waals surface area contributed by atoms with Crippen LogP contribution in [0.3, 0.4) is 0 Å². The summed E-state index contributed by atoms with van der Waals surface area (Å²) in [6, 6.07) is 2.71. The summed E-state index contributed by atoms with van der Waals surface area (Å²) < 4.78 is 11.5. The summed E-state index contributed by atoms with van der Waals surface area (Å²) in [5.74, 6) is 0.263. The van der Waals surface area contributed by atoms with E-state index in [4.69, 9.17) is 42.7 Å². The quantitative estimate of drug-likeness (QED) is 0.614. The first-order chi connectivity index (χ1) is 7.84. The first-order valence-corrected chi connectivity index (χ1v) is 10.4. The summed E-state index contributed by atoms with van der Waals surface area (Å²) in [5, 5.41) is 0.758. The molecular weight excluding hydrogens is 299 g/mol. The molecule has 1 aliphatic heterocycles. The normalized spacial score (nSPS) is 24.1. The first-order valence-electron chi connectivity index (χ1n) is 5.37. The molecule has 0 N–H and O–H groups in total. The maximum Gasteiger partial charge on any atom is 0.372 e. The third-order valence-corrected chi connectivity index (χ3v) is 5.82. The molecule has 1 heterocycles. The minimum absolute atomic E-state index is 0.489. The summed E-state index contributed by atoms with van der Waals surface area (Å²) in [5.41, 5.74) is 0.937. The van der Waals surface area contributed by atoms with Gasteiger partial charge >= 0.3 is 6.00 Å². The molecule has 0 amide bonds. The molecule has 0 spiro atoms. The molecule has 0 bridgehead atoms. The average molecular weight is 312 g/mol. The lowest BCUT2D eigenvalue weighted by atomic mass is 10.1. The molecule has 1 unspecified atom stereocenters. The molecule has 0 radical (unpaired) electrons. The highest BCUT2D eigenvalue weighted by Crippen LogP contribution is 2.33. The molecule has 0 aromatic heterocycles. The van der Waals surface area contributed by atoms with E-state index in [1.807, 2.05) is 32.0 Å². The maximum atomic E-state index is 5.97. The average Bonchev–Trinajstić information content (AvgIpc) is 2.27. The first kappa shape index (κ1) is 13.5. The summed E-state index contributed by atoms with van der Waals surface area (Å²) in [4.78, 5) is 0. The van der Waals surface area contributed by atoms with Gasteiger partial charge in [0.1, 0.15) is 5.75 Å². The number of hydrogen-bond donors (Lipinski definition) is 0. The van der Waals surface area contributed by atoms with Crippen LogP contribution < -0.4 is 9.92 Å². The summed E-state index contributed by atoms with van der Waals surface area (Å²) >= 11 is 17.9. The number of hydrogen-bond acceptors (Lipinski definition) is 2. The van der Waals surface area contributed by atoms with Gasteiger partial charge < -0.3 is 9.47 Å². The van der Waals surface area contributed by atoms with E-state index < -0.39 is 11.8 Å². The molecule has 6 heteroatoms. The Balaban J connectivity index is 2.32. The zero-order chi connectivity index (χ0) is 12.7. The number of fused-ring (bicyclic) bond motifs is 1. The van der Waals surface area contributed by atoms with E-state index in [1.54, 1.807) is 0 Å². The van der Waals surface area contributed by atoms with E-state index in [-0.39, 0.29) is 0 Å². The van der Waals surface area contributed by atoms with Crippen LogP contribution in [-0.4, -0.2) is 11.8 Å². The van der Waals surface area contributed by atoms with Crippen molar-refractivity contribution in [3.8, 4) is 5.75 Å². The summed E-state index contributed by atoms with van der Waals surface area (Å²) in [6.45, 7) is 4.43. The maximum absolute atomic E-state index is 5.97. The lowest BCUT2D eigenvalue weighted by Gasteiger charge is -2.35. The highest BCUT2D eigenvalue weighted by Gasteiger charge is 2.33. The highest BCUT2D eigenvalue weighted by molar-refractivity contribution is 7.69. The molecule has 0 aliphatic carbocycles. The molecule has 0 saturated heterocycles. The van der Waals surface area contributed by atoms with Crippen LogP contribution in [0.4, 0.5) is 0 Å². The summed E-state index contributed by atoms with van der Waals surface area (Å²) in [7, 11) is 0. The fraction of sp³-hybridized carbons (Fsp3) is 0.455. The van der Waals surface area contributed by atoms with Crippen molar-refractivity contribution in [2.24, 2.45) is 0 Å². The van der Waals surface area contributed by atoms with Gasteiger partial charge in [-0.1, -0.05) is 19.1 Å². The number of benzene rings is 1. The second-order valence-corrected chi connectivity index (χ2v) is 12.6. The zero-order valence-electron chi connectivity index (χ0n) is 9.60. The van der Waals surface area contributed by atoms with Crippen LogP contribution in [0.2, 0.25) is 0 Å². The van der Waals surface area contributed by atoms with Gasteiger partial charge in [0.05, 0.1) is 6.61 Å². The minimum atomic E-state index is -2.83. The number of rotatable bonds is 2. The van der Waals surface area contributed by atoms with Crippen LogP contribution in [0.1, 0.15) is 25.8 Å². The van der Waals surface area contributed by atoms with Crippen molar-refractivity contribution in [2.45, 2.75) is 32.7 Å². The minimum Gasteiger partial charge on any atom is -0.462 e. The Kier molecular flexibility index (Phi) is 3.68. The van der Waals surface area contributed by atoms with E-state index >= 15 is 0 Å². The van der Waals surface area contributed by atoms with Crippen molar-refractivity contribution in [2.75, 3.05) is 0 Å². The fourth-order valence-electron chi connectivity index (χ4n) is 1.63. The molecule has 2 rings (SSSR count). The van der Waals surface area contributed by atoms with Crippen LogP contribution >= 0.6 is 33.2 Å². The predicted molar refractivity (Wildman–Crippen MR) is 73.5 cm³/mol. The molecule has 94 valence electrons. The van der Waals surface area contributed by atoms with Crippen molar-refractivity contribution in [3.63, 3.8) is 0 Å². The Morgan fingerprint density at radius 3 is 2.65 bits per heavy atom. The zero-order valence-corrected chi connectivity index (χ0v) is 12.9. The molecule has 1 atom stereocenters. The Morgan fingerprint density at radius 2 is 2.06 bits per heavy atom. The SMILES string of the molecule is CCC1(C)OCc2cc([Si](Cl)(Cl)Cl)ccc2O1. The van der Waals surface area contributed by atoms with Gasteiger partial charge in [-0.25, -0.2) is 0 Å². The number of ether oxygens (including phenoxy) is 2. The van der Waals surface area contributed by atoms with Gasteiger partial charge in [-0.15, -0.1) is 33.2 Å². The molecule has 17 heavy (non-hydrogen) atoms. The topological polar surface area (TPSA) is 18.5 Å². The molecule has 1 aliphatic rings. The van der Waals surface area contributed by atoms with E-state index in [1.165, 1.54) is 0 Å². The second kappa shape index (κ2) is 4.63. The Morgan fingerprint density at radius 1 is 1.35 bits per heavy atom. The van der Waals surface area contributed by atoms with Gasteiger partial charge in [0.25, 0.3) is 0 Å². The third-order valence-electron chi connectivity index (χ3n) is 2.89. The number of halogens is 3. The second-order valence-electron chi connectivity index (χ2n) is 4.20. The van der Waals surface area contributed by atoms with Crippen LogP contribution in [0.25, 0.3) is 0 Å². The molecule has 1 aromatic rings. The standard InChI is InChI=1S/C11H13Cl3O2Si/c1-3-11(2)15-7-8-6-9(17(12,13)14)4-5-10(8)16-11/h4-6H,3,7H2,1-2H3. The lowest BCUT2D eigenvalue weighted by molar-refractivity contribution is -0.194. The fourth-order valence-corrected chi connectivity index (χ4v) is 3.30. The van der Waals surface area contributed by atoms with Gasteiger partial charge in [0.15, 0.2) is 0 Å². The molecule has 0 fully saturated rings. The highest BCUT2D eigenvalue weighted by atomic mass is 35.8. The monoisotopic (exact) mass is 310 g/mol. The van der Waals surface area contributed by atoms with Gasteiger partial charge in [-0.3, -0.25) is 0 Å². The largest absolute Gasteiger partial charge is 0.462 e. The van der Waals surface area contributed by atoms with Gasteiger partial charge in [-0.05, 0) is 11.3 Å². The predicted octanol–water partition coefficient (Wildman–Crippen LogP) is 3.58. The van der Waals surface area contributed by atoms with Crippen LogP contribution in [0, 0.1) is 0 Å². The van der Waals surface area contributed by atoms with E-state index in [9.17, 15) is 0 Å². The molecule has 1 aromatic carbocycles. The Hall–Kier alpha value is 0.0669. The van der Waals surface area contributed by atoms with Gasteiger partial charge in [0, 0.05) is 18.9 Å². The smallest absolute Gasteiger partial charge is 0.372 e. The van der Waals surface area contributed by atoms with Gasteiger partial charge in [-0.2, -0.15) is 0 Å². The molecular formula is C11H13Cl3O2Si. The van der Waals surface area contributed by atoms with Crippen LogP contribution in [0.15, 0.2) is 18.2 Å². The van der Waals surface area contributed by atoms with Crippen molar-refractivity contribution < 1.29 is 9.47 Å². The van der Waals surface area contributed by atoms with Crippen molar-refractivity contribution >= 4 is 44.4 Å². The van der Waals surface area contributed by atoms with E-state index in [0.29, 0.717) is 6.61 Å². The lowest BCUT2D eigenvalue weighted by Crippen LogP contribution is -2.39. The van der Waals surface area contributed by atoms with Crippen molar-refractivity contribution in [1.82, 2.24) is 0 Å². The van der Waals surface area contributed by atoms with E-state index in [0.717, 1.165) is 22.9 Å². The van der Waals surface area contributed by atoms with Gasteiger partial charge in [0.2, 0.25) is 5.79 Å². The summed E-state index contributed by atoms with van der Waals surface area (Å²) in [6.07, 6.45) is 0.785. The molecule has 2 nitrogen and oxygen atoms in total. The Bertz CT molecular complexity index is 433. The van der Waals surface area contributed by atoms with Crippen LogP contribution in [-0.2, 0) is 11.3 Å². The van der Waals surface area contributed by atoms with E-state index in [2.05, 4.69) is 0 Å².